The molecule has 1 fully saturated rings. The van der Waals surface area contributed by atoms with Crippen molar-refractivity contribution in [2.24, 2.45) is 0 Å². The van der Waals surface area contributed by atoms with Crippen LogP contribution in [0.25, 0.3) is 11.1 Å². The Morgan fingerprint density at radius 2 is 2.35 bits per heavy atom. The van der Waals surface area contributed by atoms with E-state index in [0.717, 1.165) is 18.5 Å². The molecule has 0 spiro atoms. The van der Waals surface area contributed by atoms with Gasteiger partial charge in [0.25, 0.3) is 6.01 Å². The summed E-state index contributed by atoms with van der Waals surface area (Å²) in [4.78, 5) is 6.20. The molecule has 2 heterocycles. The zero-order valence-electron chi connectivity index (χ0n) is 9.40. The van der Waals surface area contributed by atoms with E-state index in [4.69, 9.17) is 10.2 Å². The van der Waals surface area contributed by atoms with E-state index in [1.807, 2.05) is 11.0 Å². The van der Waals surface area contributed by atoms with E-state index < -0.39 is 6.17 Å². The Hall–Kier alpha value is -1.78. The molecule has 0 aliphatic carbocycles. The highest BCUT2D eigenvalue weighted by Gasteiger charge is 2.22. The maximum absolute atomic E-state index is 13.3. The van der Waals surface area contributed by atoms with Crippen LogP contribution in [-0.2, 0) is 0 Å². The average Bonchev–Trinajstić information content (AvgIpc) is 2.72. The number of oxazole rings is 1. The summed E-state index contributed by atoms with van der Waals surface area (Å²) in [7, 11) is 0. The molecule has 0 bridgehead atoms. The Morgan fingerprint density at radius 3 is 3.18 bits per heavy atom. The molecule has 2 aromatic rings. The van der Waals surface area contributed by atoms with Gasteiger partial charge in [0.2, 0.25) is 0 Å². The van der Waals surface area contributed by atoms with Crippen LogP contribution in [-0.4, -0.2) is 24.2 Å². The number of aromatic nitrogens is 1. The molecule has 2 N–H and O–H groups in total. The minimum Gasteiger partial charge on any atom is -0.423 e. The molecule has 1 saturated heterocycles. The van der Waals surface area contributed by atoms with Gasteiger partial charge in [-0.2, -0.15) is 4.98 Å². The first-order chi connectivity index (χ1) is 8.22. The lowest BCUT2D eigenvalue weighted by atomic mass is 10.1. The Labute approximate surface area is 98.2 Å². The molecule has 1 atom stereocenters. The molecule has 1 aromatic carbocycles. The standard InChI is InChI=1S/C12H14FN3O/c13-8-2-1-5-16(7-8)12-15-10-4-3-9(14)6-11(10)17-12/h3-4,6,8H,1-2,5,7,14H2/t8-/m1/s1. The fraction of sp³-hybridized carbons (Fsp3) is 0.417. The summed E-state index contributed by atoms with van der Waals surface area (Å²) < 4.78 is 18.9. The fourth-order valence-corrected chi connectivity index (χ4v) is 2.16. The zero-order valence-corrected chi connectivity index (χ0v) is 9.40. The van der Waals surface area contributed by atoms with Crippen molar-refractivity contribution >= 4 is 22.8 Å². The number of alkyl halides is 1. The van der Waals surface area contributed by atoms with Gasteiger partial charge in [0.1, 0.15) is 11.7 Å². The van der Waals surface area contributed by atoms with E-state index in [1.54, 1.807) is 12.1 Å². The summed E-state index contributed by atoms with van der Waals surface area (Å²) in [5, 5.41) is 0. The van der Waals surface area contributed by atoms with E-state index in [2.05, 4.69) is 4.98 Å². The third-order valence-corrected chi connectivity index (χ3v) is 3.04. The molecular formula is C12H14FN3O. The summed E-state index contributed by atoms with van der Waals surface area (Å²) in [5.41, 5.74) is 7.73. The van der Waals surface area contributed by atoms with E-state index >= 15 is 0 Å². The summed E-state index contributed by atoms with van der Waals surface area (Å²) in [5.74, 6) is 0. The maximum atomic E-state index is 13.3. The molecule has 1 aliphatic rings. The highest BCUT2D eigenvalue weighted by Crippen LogP contribution is 2.26. The molecule has 0 amide bonds. The van der Waals surface area contributed by atoms with Crippen LogP contribution in [0.2, 0.25) is 0 Å². The lowest BCUT2D eigenvalue weighted by molar-refractivity contribution is 0.281. The van der Waals surface area contributed by atoms with Gasteiger partial charge < -0.3 is 15.1 Å². The fourth-order valence-electron chi connectivity index (χ4n) is 2.16. The summed E-state index contributed by atoms with van der Waals surface area (Å²) in [6.07, 6.45) is 0.676. The van der Waals surface area contributed by atoms with Gasteiger partial charge in [-0.05, 0) is 25.0 Å². The number of hydrogen-bond donors (Lipinski definition) is 1. The number of anilines is 2. The van der Waals surface area contributed by atoms with Crippen molar-refractivity contribution in [3.8, 4) is 0 Å². The third kappa shape index (κ3) is 1.92. The predicted molar refractivity (Wildman–Crippen MR) is 64.8 cm³/mol. The average molecular weight is 235 g/mol. The maximum Gasteiger partial charge on any atom is 0.298 e. The van der Waals surface area contributed by atoms with Crippen molar-refractivity contribution in [3.05, 3.63) is 18.2 Å². The molecule has 0 radical (unpaired) electrons. The van der Waals surface area contributed by atoms with E-state index in [0.29, 0.717) is 30.3 Å². The molecule has 1 aromatic heterocycles. The Kier molecular flexibility index (Phi) is 2.39. The third-order valence-electron chi connectivity index (χ3n) is 3.04. The number of benzene rings is 1. The highest BCUT2D eigenvalue weighted by molar-refractivity contribution is 5.78. The first-order valence-corrected chi connectivity index (χ1v) is 5.77. The van der Waals surface area contributed by atoms with Crippen LogP contribution in [0.3, 0.4) is 0 Å². The van der Waals surface area contributed by atoms with Crippen LogP contribution in [0.5, 0.6) is 0 Å². The van der Waals surface area contributed by atoms with Crippen molar-refractivity contribution in [3.63, 3.8) is 0 Å². The molecule has 0 unspecified atom stereocenters. The molecule has 0 saturated carbocycles. The van der Waals surface area contributed by atoms with Gasteiger partial charge in [-0.15, -0.1) is 0 Å². The largest absolute Gasteiger partial charge is 0.423 e. The van der Waals surface area contributed by atoms with Crippen LogP contribution < -0.4 is 10.6 Å². The molecule has 4 nitrogen and oxygen atoms in total. The second-order valence-corrected chi connectivity index (χ2v) is 4.41. The molecule has 90 valence electrons. The van der Waals surface area contributed by atoms with Crippen LogP contribution in [0.4, 0.5) is 16.1 Å². The van der Waals surface area contributed by atoms with Gasteiger partial charge in [-0.25, -0.2) is 4.39 Å². The van der Waals surface area contributed by atoms with Crippen LogP contribution in [0, 0.1) is 0 Å². The van der Waals surface area contributed by atoms with Gasteiger partial charge in [0, 0.05) is 18.3 Å². The Bertz CT molecular complexity index is 540. The van der Waals surface area contributed by atoms with Gasteiger partial charge >= 0.3 is 0 Å². The monoisotopic (exact) mass is 235 g/mol. The minimum absolute atomic E-state index is 0.363. The van der Waals surface area contributed by atoms with Crippen molar-refractivity contribution in [2.75, 3.05) is 23.7 Å². The van der Waals surface area contributed by atoms with Gasteiger partial charge in [-0.1, -0.05) is 0 Å². The van der Waals surface area contributed by atoms with E-state index in [9.17, 15) is 4.39 Å². The Balaban J connectivity index is 1.94. The van der Waals surface area contributed by atoms with Crippen molar-refractivity contribution in [1.82, 2.24) is 4.98 Å². The van der Waals surface area contributed by atoms with Crippen LogP contribution in [0.15, 0.2) is 22.6 Å². The number of nitrogens with zero attached hydrogens (tertiary/aromatic N) is 2. The topological polar surface area (TPSA) is 55.3 Å². The van der Waals surface area contributed by atoms with E-state index in [1.165, 1.54) is 0 Å². The Morgan fingerprint density at radius 1 is 1.47 bits per heavy atom. The highest BCUT2D eigenvalue weighted by atomic mass is 19.1. The van der Waals surface area contributed by atoms with E-state index in [-0.39, 0.29) is 0 Å². The number of nitrogen functional groups attached to an aromatic ring is 1. The second-order valence-electron chi connectivity index (χ2n) is 4.41. The van der Waals surface area contributed by atoms with Crippen molar-refractivity contribution in [1.29, 1.82) is 0 Å². The summed E-state index contributed by atoms with van der Waals surface area (Å²) >= 11 is 0. The lowest BCUT2D eigenvalue weighted by Crippen LogP contribution is -2.36. The number of piperidine rings is 1. The number of hydrogen-bond acceptors (Lipinski definition) is 4. The van der Waals surface area contributed by atoms with Gasteiger partial charge in [0.05, 0.1) is 6.54 Å². The zero-order chi connectivity index (χ0) is 11.8. The predicted octanol–water partition coefficient (Wildman–Crippen LogP) is 2.35. The molecule has 1 aliphatic heterocycles. The first-order valence-electron chi connectivity index (χ1n) is 5.77. The first kappa shape index (κ1) is 10.4. The quantitative estimate of drug-likeness (QED) is 0.771. The smallest absolute Gasteiger partial charge is 0.298 e. The van der Waals surface area contributed by atoms with Gasteiger partial charge in [0.15, 0.2) is 5.58 Å². The molecular weight excluding hydrogens is 221 g/mol. The number of rotatable bonds is 1. The molecule has 3 rings (SSSR count). The molecule has 17 heavy (non-hydrogen) atoms. The lowest BCUT2D eigenvalue weighted by Gasteiger charge is -2.27. The van der Waals surface area contributed by atoms with Crippen molar-refractivity contribution < 1.29 is 8.81 Å². The van der Waals surface area contributed by atoms with Crippen LogP contribution >= 0.6 is 0 Å². The summed E-state index contributed by atoms with van der Waals surface area (Å²) in [6, 6.07) is 5.83. The second kappa shape index (κ2) is 3.91. The summed E-state index contributed by atoms with van der Waals surface area (Å²) in [6.45, 7) is 1.16. The van der Waals surface area contributed by atoms with Crippen molar-refractivity contribution in [2.45, 2.75) is 19.0 Å². The molecule has 5 heteroatoms. The van der Waals surface area contributed by atoms with Gasteiger partial charge in [-0.3, -0.25) is 0 Å². The normalized spacial score (nSPS) is 21.0. The number of fused-ring (bicyclic) bond motifs is 1. The number of halogens is 1. The minimum atomic E-state index is -0.788. The number of nitrogens with two attached hydrogens (primary N) is 1. The SMILES string of the molecule is Nc1ccc2nc(N3CCC[C@@H](F)C3)oc2c1. The van der Waals surface area contributed by atoms with Crippen LogP contribution in [0.1, 0.15) is 12.8 Å².